The minimum atomic E-state index is -0.546. The molecule has 6 heteroatoms. The summed E-state index contributed by atoms with van der Waals surface area (Å²) in [4.78, 5) is 27.8. The van der Waals surface area contributed by atoms with Crippen molar-refractivity contribution in [1.29, 1.82) is 0 Å². The molecule has 0 radical (unpaired) electrons. The fourth-order valence-corrected chi connectivity index (χ4v) is 3.70. The van der Waals surface area contributed by atoms with Crippen LogP contribution in [0.1, 0.15) is 41.6 Å². The van der Waals surface area contributed by atoms with Crippen molar-refractivity contribution in [2.24, 2.45) is 5.73 Å². The fraction of sp³-hybridized carbons (Fsp3) is 0.556. The van der Waals surface area contributed by atoms with E-state index in [4.69, 9.17) is 5.73 Å². The van der Waals surface area contributed by atoms with Crippen LogP contribution in [-0.2, 0) is 6.54 Å². The minimum Gasteiger partial charge on any atom is -0.352 e. The van der Waals surface area contributed by atoms with E-state index in [1.54, 1.807) is 0 Å². The number of rotatable bonds is 4. The third kappa shape index (κ3) is 4.06. The Kier molecular flexibility index (Phi) is 5.35. The summed E-state index contributed by atoms with van der Waals surface area (Å²) in [6.45, 7) is 3.96. The number of urea groups is 1. The molecular formula is C18H26N4O2. The number of hydrogen-bond donors (Lipinski definition) is 2. The highest BCUT2D eigenvalue weighted by Gasteiger charge is 2.28. The molecule has 1 heterocycles. The zero-order valence-corrected chi connectivity index (χ0v) is 14.0. The lowest BCUT2D eigenvalue weighted by Crippen LogP contribution is -2.51. The fourth-order valence-electron chi connectivity index (χ4n) is 3.70. The lowest BCUT2D eigenvalue weighted by Gasteiger charge is -2.38. The van der Waals surface area contributed by atoms with Gasteiger partial charge in [-0.1, -0.05) is 25.0 Å². The molecule has 1 saturated heterocycles. The van der Waals surface area contributed by atoms with Crippen LogP contribution in [0.25, 0.3) is 0 Å². The summed E-state index contributed by atoms with van der Waals surface area (Å²) in [5, 5.41) is 2.54. The van der Waals surface area contributed by atoms with E-state index in [9.17, 15) is 9.59 Å². The Balaban J connectivity index is 1.52. The van der Waals surface area contributed by atoms with Crippen LogP contribution < -0.4 is 11.1 Å². The number of amides is 3. The predicted molar refractivity (Wildman–Crippen MR) is 92.6 cm³/mol. The molecule has 1 aliphatic carbocycles. The van der Waals surface area contributed by atoms with Gasteiger partial charge >= 0.3 is 6.03 Å². The summed E-state index contributed by atoms with van der Waals surface area (Å²) in [7, 11) is 0. The van der Waals surface area contributed by atoms with Gasteiger partial charge in [-0.2, -0.15) is 0 Å². The molecule has 3 amide bonds. The average molecular weight is 330 g/mol. The second-order valence-electron chi connectivity index (χ2n) is 6.68. The van der Waals surface area contributed by atoms with Crippen molar-refractivity contribution in [3.05, 3.63) is 35.4 Å². The molecule has 0 bridgehead atoms. The molecule has 0 atom stereocenters. The highest BCUT2D eigenvalue weighted by Crippen LogP contribution is 2.24. The quantitative estimate of drug-likeness (QED) is 0.879. The maximum Gasteiger partial charge on any atom is 0.312 e. The van der Waals surface area contributed by atoms with E-state index in [2.05, 4.69) is 10.2 Å². The molecule has 3 N–H and O–H groups in total. The van der Waals surface area contributed by atoms with E-state index < -0.39 is 6.03 Å². The van der Waals surface area contributed by atoms with Gasteiger partial charge in [-0.15, -0.1) is 0 Å². The summed E-state index contributed by atoms with van der Waals surface area (Å²) in [5.41, 5.74) is 6.69. The van der Waals surface area contributed by atoms with Crippen molar-refractivity contribution in [3.8, 4) is 0 Å². The first-order chi connectivity index (χ1) is 11.6. The Labute approximate surface area is 143 Å². The van der Waals surface area contributed by atoms with Gasteiger partial charge in [0, 0.05) is 44.3 Å². The number of piperazine rings is 1. The summed E-state index contributed by atoms with van der Waals surface area (Å²) in [6, 6.07) is 7.55. The standard InChI is InChI=1S/C18H26N4O2/c19-18(24)20-13-14-5-7-15(8-6-14)17(23)22-11-9-21(10-12-22)16-3-1-2-4-16/h5-8,16H,1-4,9-13H2,(H3,19,20,24). The van der Waals surface area contributed by atoms with Crippen molar-refractivity contribution >= 4 is 11.9 Å². The lowest BCUT2D eigenvalue weighted by molar-refractivity contribution is 0.0573. The maximum absolute atomic E-state index is 12.6. The largest absolute Gasteiger partial charge is 0.352 e. The predicted octanol–water partition coefficient (Wildman–Crippen LogP) is 1.56. The normalized spacial score (nSPS) is 19.4. The topological polar surface area (TPSA) is 78.7 Å². The number of benzene rings is 1. The van der Waals surface area contributed by atoms with Crippen LogP contribution in [0.4, 0.5) is 4.79 Å². The molecule has 1 aromatic rings. The van der Waals surface area contributed by atoms with E-state index >= 15 is 0 Å². The molecule has 1 saturated carbocycles. The molecule has 2 fully saturated rings. The van der Waals surface area contributed by atoms with Gasteiger partial charge in [-0.05, 0) is 30.5 Å². The third-order valence-corrected chi connectivity index (χ3v) is 5.11. The first-order valence-corrected chi connectivity index (χ1v) is 8.79. The van der Waals surface area contributed by atoms with Crippen LogP contribution in [0, 0.1) is 0 Å². The zero-order valence-electron chi connectivity index (χ0n) is 14.0. The van der Waals surface area contributed by atoms with E-state index in [1.807, 2.05) is 29.2 Å². The smallest absolute Gasteiger partial charge is 0.312 e. The van der Waals surface area contributed by atoms with Crippen molar-refractivity contribution in [1.82, 2.24) is 15.1 Å². The molecular weight excluding hydrogens is 304 g/mol. The number of primary amides is 1. The summed E-state index contributed by atoms with van der Waals surface area (Å²) in [6.07, 6.45) is 5.32. The molecule has 0 spiro atoms. The number of carbonyl (C=O) groups is 2. The second-order valence-corrected chi connectivity index (χ2v) is 6.68. The van der Waals surface area contributed by atoms with Gasteiger partial charge in [0.15, 0.2) is 0 Å². The number of nitrogens with two attached hydrogens (primary N) is 1. The Hall–Kier alpha value is -2.08. The molecule has 3 rings (SSSR count). The molecule has 2 aliphatic rings. The Morgan fingerprint density at radius 1 is 1.04 bits per heavy atom. The molecule has 1 aromatic carbocycles. The molecule has 0 unspecified atom stereocenters. The maximum atomic E-state index is 12.6. The number of hydrogen-bond acceptors (Lipinski definition) is 3. The van der Waals surface area contributed by atoms with Gasteiger partial charge in [0.25, 0.3) is 5.91 Å². The highest BCUT2D eigenvalue weighted by molar-refractivity contribution is 5.94. The van der Waals surface area contributed by atoms with E-state index in [1.165, 1.54) is 25.7 Å². The monoisotopic (exact) mass is 330 g/mol. The van der Waals surface area contributed by atoms with Crippen LogP contribution >= 0.6 is 0 Å². The first-order valence-electron chi connectivity index (χ1n) is 8.79. The summed E-state index contributed by atoms with van der Waals surface area (Å²) < 4.78 is 0. The summed E-state index contributed by atoms with van der Waals surface area (Å²) in [5.74, 6) is 0.0930. The van der Waals surface area contributed by atoms with E-state index in [-0.39, 0.29) is 5.91 Å². The van der Waals surface area contributed by atoms with Crippen LogP contribution in [0.5, 0.6) is 0 Å². The number of nitrogens with one attached hydrogen (secondary N) is 1. The molecule has 0 aromatic heterocycles. The van der Waals surface area contributed by atoms with Crippen molar-refractivity contribution < 1.29 is 9.59 Å². The Bertz CT molecular complexity index is 573. The van der Waals surface area contributed by atoms with E-state index in [0.717, 1.165) is 37.8 Å². The average Bonchev–Trinajstić information content (AvgIpc) is 3.14. The van der Waals surface area contributed by atoms with Crippen LogP contribution in [0.15, 0.2) is 24.3 Å². The van der Waals surface area contributed by atoms with Crippen LogP contribution in [0.3, 0.4) is 0 Å². The Morgan fingerprint density at radius 3 is 2.25 bits per heavy atom. The van der Waals surface area contributed by atoms with Gasteiger partial charge in [-0.25, -0.2) is 4.79 Å². The molecule has 1 aliphatic heterocycles. The third-order valence-electron chi connectivity index (χ3n) is 5.11. The van der Waals surface area contributed by atoms with E-state index in [0.29, 0.717) is 12.1 Å². The van der Waals surface area contributed by atoms with Gasteiger partial charge < -0.3 is 16.0 Å². The second kappa shape index (κ2) is 7.66. The van der Waals surface area contributed by atoms with Gasteiger partial charge in [0.2, 0.25) is 0 Å². The van der Waals surface area contributed by atoms with Gasteiger partial charge in [0.05, 0.1) is 0 Å². The van der Waals surface area contributed by atoms with Crippen molar-refractivity contribution in [2.45, 2.75) is 38.3 Å². The van der Waals surface area contributed by atoms with Crippen molar-refractivity contribution in [3.63, 3.8) is 0 Å². The molecule has 130 valence electrons. The number of nitrogens with zero attached hydrogens (tertiary/aromatic N) is 2. The van der Waals surface area contributed by atoms with Crippen LogP contribution in [-0.4, -0.2) is 54.0 Å². The van der Waals surface area contributed by atoms with Gasteiger partial charge in [-0.3, -0.25) is 9.69 Å². The summed E-state index contributed by atoms with van der Waals surface area (Å²) >= 11 is 0. The number of carbonyl (C=O) groups excluding carboxylic acids is 2. The SMILES string of the molecule is NC(=O)NCc1ccc(C(=O)N2CCN(C3CCCC3)CC2)cc1. The highest BCUT2D eigenvalue weighted by atomic mass is 16.2. The lowest BCUT2D eigenvalue weighted by atomic mass is 10.1. The van der Waals surface area contributed by atoms with Gasteiger partial charge in [0.1, 0.15) is 0 Å². The van der Waals surface area contributed by atoms with Crippen molar-refractivity contribution in [2.75, 3.05) is 26.2 Å². The minimum absolute atomic E-state index is 0.0930. The first kappa shape index (κ1) is 16.8. The van der Waals surface area contributed by atoms with Crippen LogP contribution in [0.2, 0.25) is 0 Å². The zero-order chi connectivity index (χ0) is 16.9. The molecule has 6 nitrogen and oxygen atoms in total. The Morgan fingerprint density at radius 2 is 1.67 bits per heavy atom. The molecule has 24 heavy (non-hydrogen) atoms.